The van der Waals surface area contributed by atoms with Crippen LogP contribution in [-0.2, 0) is 10.2 Å². The largest absolute Gasteiger partial charge is 0.387 e. The molecule has 2 heterocycles. The Morgan fingerprint density at radius 3 is 2.73 bits per heavy atom. The smallest absolute Gasteiger partial charge is 0.123 e. The van der Waals surface area contributed by atoms with Crippen molar-refractivity contribution in [3.8, 4) is 0 Å². The topological polar surface area (TPSA) is 53.5 Å². The average Bonchev–Trinajstić information content (AvgIpc) is 2.95. The van der Waals surface area contributed by atoms with Crippen molar-refractivity contribution in [3.63, 3.8) is 0 Å². The van der Waals surface area contributed by atoms with Gasteiger partial charge >= 0.3 is 0 Å². The first kappa shape index (κ1) is 15.9. The highest BCUT2D eigenvalue weighted by molar-refractivity contribution is 5.27. The van der Waals surface area contributed by atoms with Gasteiger partial charge in [0.25, 0.3) is 0 Å². The second-order valence-corrected chi connectivity index (χ2v) is 6.66. The van der Waals surface area contributed by atoms with Gasteiger partial charge in [-0.15, -0.1) is 0 Å². The number of ether oxygens (including phenoxy) is 1. The SMILES string of the molecule is OC1(CNCC2(c3cccc(F)c3)CCOCC2)CCNC1. The lowest BCUT2D eigenvalue weighted by Gasteiger charge is -2.39. The molecule has 0 spiro atoms. The maximum Gasteiger partial charge on any atom is 0.123 e. The number of hydrogen-bond donors (Lipinski definition) is 3. The van der Waals surface area contributed by atoms with Crippen LogP contribution in [0.5, 0.6) is 0 Å². The van der Waals surface area contributed by atoms with Gasteiger partial charge in [0, 0.05) is 38.3 Å². The fourth-order valence-electron chi connectivity index (χ4n) is 3.56. The Morgan fingerprint density at radius 2 is 2.05 bits per heavy atom. The van der Waals surface area contributed by atoms with E-state index in [1.165, 1.54) is 6.07 Å². The molecule has 2 saturated heterocycles. The van der Waals surface area contributed by atoms with E-state index in [-0.39, 0.29) is 11.2 Å². The maximum atomic E-state index is 13.6. The number of halogens is 1. The van der Waals surface area contributed by atoms with Gasteiger partial charge in [0.15, 0.2) is 0 Å². The second-order valence-electron chi connectivity index (χ2n) is 6.66. The molecule has 0 bridgehead atoms. The first-order chi connectivity index (χ1) is 10.6. The molecule has 122 valence electrons. The van der Waals surface area contributed by atoms with Crippen molar-refractivity contribution in [2.24, 2.45) is 0 Å². The molecule has 3 rings (SSSR count). The van der Waals surface area contributed by atoms with Gasteiger partial charge in [0.1, 0.15) is 5.82 Å². The number of aliphatic hydroxyl groups is 1. The summed E-state index contributed by atoms with van der Waals surface area (Å²) in [7, 11) is 0. The first-order valence-corrected chi connectivity index (χ1v) is 8.10. The predicted octanol–water partition coefficient (Wildman–Crippen LogP) is 1.19. The zero-order valence-electron chi connectivity index (χ0n) is 12.9. The summed E-state index contributed by atoms with van der Waals surface area (Å²) in [6.45, 7) is 4.20. The monoisotopic (exact) mass is 308 g/mol. The van der Waals surface area contributed by atoms with Crippen LogP contribution in [0.2, 0.25) is 0 Å². The number of rotatable bonds is 5. The van der Waals surface area contributed by atoms with E-state index in [4.69, 9.17) is 4.74 Å². The molecule has 1 aromatic carbocycles. The Balaban J connectivity index is 1.69. The van der Waals surface area contributed by atoms with Crippen LogP contribution in [0.25, 0.3) is 0 Å². The molecule has 0 aromatic heterocycles. The molecule has 4 nitrogen and oxygen atoms in total. The summed E-state index contributed by atoms with van der Waals surface area (Å²) in [5.41, 5.74) is 0.261. The number of hydrogen-bond acceptors (Lipinski definition) is 4. The lowest BCUT2D eigenvalue weighted by Crippen LogP contribution is -2.48. The summed E-state index contributed by atoms with van der Waals surface area (Å²) < 4.78 is 19.1. The minimum absolute atomic E-state index is 0.108. The molecule has 1 atom stereocenters. The molecular formula is C17H25FN2O2. The fraction of sp³-hybridized carbons (Fsp3) is 0.647. The van der Waals surface area contributed by atoms with E-state index < -0.39 is 5.60 Å². The van der Waals surface area contributed by atoms with Gasteiger partial charge in [-0.25, -0.2) is 4.39 Å². The van der Waals surface area contributed by atoms with Crippen molar-refractivity contribution in [3.05, 3.63) is 35.6 Å². The highest BCUT2D eigenvalue weighted by Gasteiger charge is 2.36. The molecule has 5 heteroatoms. The third kappa shape index (κ3) is 3.49. The van der Waals surface area contributed by atoms with Gasteiger partial charge in [-0.2, -0.15) is 0 Å². The summed E-state index contributed by atoms with van der Waals surface area (Å²) >= 11 is 0. The van der Waals surface area contributed by atoms with E-state index in [9.17, 15) is 9.50 Å². The van der Waals surface area contributed by atoms with E-state index in [2.05, 4.69) is 10.6 Å². The molecule has 0 amide bonds. The third-order valence-electron chi connectivity index (χ3n) is 5.03. The molecule has 2 fully saturated rings. The Bertz CT molecular complexity index is 497. The van der Waals surface area contributed by atoms with Gasteiger partial charge in [-0.05, 0) is 43.5 Å². The second kappa shape index (κ2) is 6.62. The lowest BCUT2D eigenvalue weighted by molar-refractivity contribution is 0.0387. The minimum Gasteiger partial charge on any atom is -0.387 e. The number of nitrogens with one attached hydrogen (secondary N) is 2. The van der Waals surface area contributed by atoms with Crippen LogP contribution >= 0.6 is 0 Å². The Kier molecular flexibility index (Phi) is 4.78. The maximum absolute atomic E-state index is 13.6. The molecule has 1 aromatic rings. The van der Waals surface area contributed by atoms with Gasteiger partial charge < -0.3 is 20.5 Å². The first-order valence-electron chi connectivity index (χ1n) is 8.10. The summed E-state index contributed by atoms with van der Waals surface area (Å²) in [5.74, 6) is -0.193. The van der Waals surface area contributed by atoms with E-state index in [1.807, 2.05) is 6.07 Å². The zero-order chi connectivity index (χ0) is 15.5. The molecule has 3 N–H and O–H groups in total. The number of benzene rings is 1. The van der Waals surface area contributed by atoms with E-state index in [0.29, 0.717) is 26.3 Å². The van der Waals surface area contributed by atoms with Crippen LogP contribution in [-0.4, -0.2) is 50.1 Å². The highest BCUT2D eigenvalue weighted by Crippen LogP contribution is 2.34. The molecule has 0 aliphatic carbocycles. The van der Waals surface area contributed by atoms with Crippen LogP contribution < -0.4 is 10.6 Å². The highest BCUT2D eigenvalue weighted by atomic mass is 19.1. The fourth-order valence-corrected chi connectivity index (χ4v) is 3.56. The Hall–Kier alpha value is -1.01. The van der Waals surface area contributed by atoms with Crippen molar-refractivity contribution in [2.45, 2.75) is 30.3 Å². The average molecular weight is 308 g/mol. The van der Waals surface area contributed by atoms with Crippen LogP contribution in [0.3, 0.4) is 0 Å². The van der Waals surface area contributed by atoms with Gasteiger partial charge in [-0.3, -0.25) is 0 Å². The molecule has 0 saturated carbocycles. The van der Waals surface area contributed by atoms with Crippen LogP contribution in [0.15, 0.2) is 24.3 Å². The van der Waals surface area contributed by atoms with Crippen LogP contribution in [0.1, 0.15) is 24.8 Å². The van der Waals surface area contributed by atoms with E-state index >= 15 is 0 Å². The summed E-state index contributed by atoms with van der Waals surface area (Å²) in [6.07, 6.45) is 2.52. The molecular weight excluding hydrogens is 283 g/mol. The van der Waals surface area contributed by atoms with Crippen molar-refractivity contribution in [1.82, 2.24) is 10.6 Å². The molecule has 1 unspecified atom stereocenters. The van der Waals surface area contributed by atoms with Gasteiger partial charge in [-0.1, -0.05) is 12.1 Å². The van der Waals surface area contributed by atoms with Crippen molar-refractivity contribution < 1.29 is 14.2 Å². The summed E-state index contributed by atoms with van der Waals surface area (Å²) in [5, 5.41) is 17.0. The van der Waals surface area contributed by atoms with Crippen LogP contribution in [0, 0.1) is 5.82 Å². The summed E-state index contributed by atoms with van der Waals surface area (Å²) in [6, 6.07) is 6.90. The molecule has 22 heavy (non-hydrogen) atoms. The third-order valence-corrected chi connectivity index (χ3v) is 5.03. The Labute approximate surface area is 131 Å². The van der Waals surface area contributed by atoms with Crippen molar-refractivity contribution in [2.75, 3.05) is 39.4 Å². The minimum atomic E-state index is -0.658. The molecule has 2 aliphatic rings. The van der Waals surface area contributed by atoms with Crippen LogP contribution in [0.4, 0.5) is 4.39 Å². The number of β-amino-alcohol motifs (C(OH)–C–C–N with tert-alkyl or cyclic N) is 1. The summed E-state index contributed by atoms with van der Waals surface area (Å²) in [4.78, 5) is 0. The van der Waals surface area contributed by atoms with Gasteiger partial charge in [0.05, 0.1) is 5.60 Å². The molecule has 0 radical (unpaired) electrons. The lowest BCUT2D eigenvalue weighted by atomic mass is 9.74. The van der Waals surface area contributed by atoms with Crippen molar-refractivity contribution >= 4 is 0 Å². The predicted molar refractivity (Wildman–Crippen MR) is 83.4 cm³/mol. The standard InChI is InChI=1S/C17H25FN2O2/c18-15-3-1-2-14(10-15)16(5-8-22-9-6-16)11-20-13-17(21)4-7-19-12-17/h1-3,10,19-21H,4-9,11-13H2. The quantitative estimate of drug-likeness (QED) is 0.765. The normalized spacial score (nSPS) is 27.9. The zero-order valence-corrected chi connectivity index (χ0v) is 12.9. The van der Waals surface area contributed by atoms with Gasteiger partial charge in [0.2, 0.25) is 0 Å². The van der Waals surface area contributed by atoms with Crippen molar-refractivity contribution in [1.29, 1.82) is 0 Å². The Morgan fingerprint density at radius 1 is 1.23 bits per heavy atom. The molecule has 2 aliphatic heterocycles. The van der Waals surface area contributed by atoms with E-state index in [0.717, 1.165) is 37.9 Å². The van der Waals surface area contributed by atoms with E-state index in [1.54, 1.807) is 12.1 Å².